The standard InChI is InChI=1S/C17H23N3O2/c1-12-6-7-19(13(10-12)11-18)8-9-20-16(21)14-4-2-3-5-15(14)17(20)22/h2-5,12-13H,6-11,18H2,1H3. The molecule has 5 nitrogen and oxygen atoms in total. The third-order valence-corrected chi connectivity index (χ3v) is 4.86. The van der Waals surface area contributed by atoms with Crippen LogP contribution in [0.4, 0.5) is 0 Å². The second-order valence-electron chi connectivity index (χ2n) is 6.36. The molecule has 2 N–H and O–H groups in total. The first kappa shape index (κ1) is 15.2. The molecule has 1 aromatic rings. The van der Waals surface area contributed by atoms with Crippen molar-refractivity contribution in [1.82, 2.24) is 9.80 Å². The Kier molecular flexibility index (Phi) is 4.27. The largest absolute Gasteiger partial charge is 0.329 e. The van der Waals surface area contributed by atoms with Crippen LogP contribution in [0.25, 0.3) is 0 Å². The summed E-state index contributed by atoms with van der Waals surface area (Å²) in [6.07, 6.45) is 2.25. The molecule has 0 aromatic heterocycles. The molecule has 2 aliphatic rings. The molecule has 1 aromatic carbocycles. The van der Waals surface area contributed by atoms with Crippen molar-refractivity contribution in [2.75, 3.05) is 26.2 Å². The Bertz CT molecular complexity index is 552. The van der Waals surface area contributed by atoms with Crippen molar-refractivity contribution in [3.63, 3.8) is 0 Å². The Morgan fingerprint density at radius 1 is 1.14 bits per heavy atom. The van der Waals surface area contributed by atoms with Crippen molar-refractivity contribution < 1.29 is 9.59 Å². The highest BCUT2D eigenvalue weighted by molar-refractivity contribution is 6.21. The lowest BCUT2D eigenvalue weighted by atomic mass is 9.92. The fourth-order valence-corrected chi connectivity index (χ4v) is 3.51. The highest BCUT2D eigenvalue weighted by Gasteiger charge is 2.35. The molecule has 0 radical (unpaired) electrons. The smallest absolute Gasteiger partial charge is 0.261 e. The molecular formula is C17H23N3O2. The molecule has 2 heterocycles. The Balaban J connectivity index is 1.65. The summed E-state index contributed by atoms with van der Waals surface area (Å²) in [4.78, 5) is 28.4. The van der Waals surface area contributed by atoms with Crippen LogP contribution >= 0.6 is 0 Å². The van der Waals surface area contributed by atoms with Crippen LogP contribution in [0.1, 0.15) is 40.5 Å². The van der Waals surface area contributed by atoms with E-state index >= 15 is 0 Å². The van der Waals surface area contributed by atoms with Gasteiger partial charge in [-0.3, -0.25) is 19.4 Å². The predicted octanol–water partition coefficient (Wildman–Crippen LogP) is 1.34. The van der Waals surface area contributed by atoms with E-state index in [1.165, 1.54) is 4.90 Å². The molecule has 0 aliphatic carbocycles. The third kappa shape index (κ3) is 2.66. The molecule has 1 saturated heterocycles. The second kappa shape index (κ2) is 6.18. The number of hydrogen-bond acceptors (Lipinski definition) is 4. The maximum absolute atomic E-state index is 12.3. The van der Waals surface area contributed by atoms with Gasteiger partial charge in [0, 0.05) is 25.7 Å². The van der Waals surface area contributed by atoms with Crippen LogP contribution in [0.2, 0.25) is 0 Å². The van der Waals surface area contributed by atoms with E-state index in [-0.39, 0.29) is 11.8 Å². The Labute approximate surface area is 131 Å². The van der Waals surface area contributed by atoms with Crippen molar-refractivity contribution in [3.8, 4) is 0 Å². The first-order valence-corrected chi connectivity index (χ1v) is 8.01. The van der Waals surface area contributed by atoms with Gasteiger partial charge in [-0.1, -0.05) is 19.1 Å². The van der Waals surface area contributed by atoms with Gasteiger partial charge >= 0.3 is 0 Å². The lowest BCUT2D eigenvalue weighted by Crippen LogP contribution is -2.49. The maximum Gasteiger partial charge on any atom is 0.261 e. The molecule has 3 rings (SSSR count). The molecule has 0 spiro atoms. The number of rotatable bonds is 4. The molecule has 2 atom stereocenters. The number of nitrogens with two attached hydrogens (primary N) is 1. The van der Waals surface area contributed by atoms with Gasteiger partial charge in [-0.2, -0.15) is 0 Å². The summed E-state index contributed by atoms with van der Waals surface area (Å²) in [5, 5.41) is 0. The van der Waals surface area contributed by atoms with Gasteiger partial charge in [-0.05, 0) is 37.4 Å². The summed E-state index contributed by atoms with van der Waals surface area (Å²) < 4.78 is 0. The number of carbonyl (C=O) groups is 2. The lowest BCUT2D eigenvalue weighted by Gasteiger charge is -2.38. The second-order valence-corrected chi connectivity index (χ2v) is 6.36. The first-order valence-electron chi connectivity index (χ1n) is 8.01. The van der Waals surface area contributed by atoms with Gasteiger partial charge in [0.1, 0.15) is 0 Å². The Morgan fingerprint density at radius 3 is 2.36 bits per heavy atom. The minimum Gasteiger partial charge on any atom is -0.329 e. The van der Waals surface area contributed by atoms with Crippen LogP contribution in [0, 0.1) is 5.92 Å². The molecule has 2 unspecified atom stereocenters. The molecule has 2 amide bonds. The number of carbonyl (C=O) groups excluding carboxylic acids is 2. The summed E-state index contributed by atoms with van der Waals surface area (Å²) in [7, 11) is 0. The van der Waals surface area contributed by atoms with Crippen LogP contribution < -0.4 is 5.73 Å². The summed E-state index contributed by atoms with van der Waals surface area (Å²) in [5.74, 6) is 0.356. The average Bonchev–Trinajstić information content (AvgIpc) is 2.78. The van der Waals surface area contributed by atoms with Crippen LogP contribution in [0.15, 0.2) is 24.3 Å². The normalized spacial score (nSPS) is 25.6. The third-order valence-electron chi connectivity index (χ3n) is 4.86. The highest BCUT2D eigenvalue weighted by Crippen LogP contribution is 2.24. The van der Waals surface area contributed by atoms with Crippen molar-refractivity contribution >= 4 is 11.8 Å². The molecule has 2 aliphatic heterocycles. The van der Waals surface area contributed by atoms with E-state index in [0.717, 1.165) is 19.4 Å². The Hall–Kier alpha value is -1.72. The number of amides is 2. The lowest BCUT2D eigenvalue weighted by molar-refractivity contribution is 0.0594. The number of benzene rings is 1. The van der Waals surface area contributed by atoms with Gasteiger partial charge in [-0.15, -0.1) is 0 Å². The van der Waals surface area contributed by atoms with E-state index in [9.17, 15) is 9.59 Å². The minimum absolute atomic E-state index is 0.171. The number of hydrogen-bond donors (Lipinski definition) is 1. The van der Waals surface area contributed by atoms with Crippen LogP contribution in [0.3, 0.4) is 0 Å². The van der Waals surface area contributed by atoms with Crippen molar-refractivity contribution in [3.05, 3.63) is 35.4 Å². The minimum atomic E-state index is -0.171. The van der Waals surface area contributed by atoms with E-state index in [2.05, 4.69) is 11.8 Å². The number of piperidine rings is 1. The van der Waals surface area contributed by atoms with Gasteiger partial charge < -0.3 is 5.73 Å². The van der Waals surface area contributed by atoms with E-state index in [0.29, 0.717) is 42.7 Å². The van der Waals surface area contributed by atoms with Gasteiger partial charge in [0.15, 0.2) is 0 Å². The van der Waals surface area contributed by atoms with E-state index in [1.54, 1.807) is 24.3 Å². The maximum atomic E-state index is 12.3. The van der Waals surface area contributed by atoms with Crippen LogP contribution in [-0.4, -0.2) is 53.8 Å². The van der Waals surface area contributed by atoms with Crippen molar-refractivity contribution in [2.45, 2.75) is 25.8 Å². The molecule has 118 valence electrons. The monoisotopic (exact) mass is 301 g/mol. The summed E-state index contributed by atoms with van der Waals surface area (Å²) in [6, 6.07) is 7.40. The fraction of sp³-hybridized carbons (Fsp3) is 0.529. The zero-order valence-electron chi connectivity index (χ0n) is 13.0. The highest BCUT2D eigenvalue weighted by atomic mass is 16.2. The van der Waals surface area contributed by atoms with Gasteiger partial charge in [-0.25, -0.2) is 0 Å². The molecule has 0 bridgehead atoms. The van der Waals surface area contributed by atoms with E-state index < -0.39 is 0 Å². The summed E-state index contributed by atoms with van der Waals surface area (Å²) in [6.45, 7) is 5.03. The van der Waals surface area contributed by atoms with Gasteiger partial charge in [0.2, 0.25) is 0 Å². The van der Waals surface area contributed by atoms with Crippen molar-refractivity contribution in [2.24, 2.45) is 11.7 Å². The van der Waals surface area contributed by atoms with E-state index in [4.69, 9.17) is 5.73 Å². The van der Waals surface area contributed by atoms with Crippen LogP contribution in [-0.2, 0) is 0 Å². The molecule has 5 heteroatoms. The number of nitrogens with zero attached hydrogens (tertiary/aromatic N) is 2. The molecule has 1 fully saturated rings. The Morgan fingerprint density at radius 2 is 1.77 bits per heavy atom. The zero-order chi connectivity index (χ0) is 15.7. The van der Waals surface area contributed by atoms with E-state index in [1.807, 2.05) is 0 Å². The average molecular weight is 301 g/mol. The fourth-order valence-electron chi connectivity index (χ4n) is 3.51. The number of fused-ring (bicyclic) bond motifs is 1. The topological polar surface area (TPSA) is 66.6 Å². The molecule has 22 heavy (non-hydrogen) atoms. The van der Waals surface area contributed by atoms with Gasteiger partial charge in [0.25, 0.3) is 11.8 Å². The first-order chi connectivity index (χ1) is 10.6. The predicted molar refractivity (Wildman–Crippen MR) is 84.6 cm³/mol. The van der Waals surface area contributed by atoms with Crippen molar-refractivity contribution in [1.29, 1.82) is 0 Å². The summed E-state index contributed by atoms with van der Waals surface area (Å²) in [5.41, 5.74) is 6.92. The zero-order valence-corrected chi connectivity index (χ0v) is 13.0. The SMILES string of the molecule is CC1CCN(CCN2C(=O)c3ccccc3C2=O)C(CN)C1. The molecular weight excluding hydrogens is 278 g/mol. The summed E-state index contributed by atoms with van der Waals surface area (Å²) >= 11 is 0. The van der Waals surface area contributed by atoms with Crippen LogP contribution in [0.5, 0.6) is 0 Å². The molecule has 0 saturated carbocycles. The van der Waals surface area contributed by atoms with Gasteiger partial charge in [0.05, 0.1) is 11.1 Å². The number of likely N-dealkylation sites (tertiary alicyclic amines) is 1. The number of imide groups is 1. The quantitative estimate of drug-likeness (QED) is 0.852.